The molecule has 6 nitrogen and oxygen atoms in total. The van der Waals surface area contributed by atoms with Crippen LogP contribution < -0.4 is 5.32 Å². The predicted molar refractivity (Wildman–Crippen MR) is 97.6 cm³/mol. The Morgan fingerprint density at radius 2 is 2.12 bits per heavy atom. The molecule has 1 aliphatic heterocycles. The number of ether oxygens (including phenoxy) is 1. The summed E-state index contributed by atoms with van der Waals surface area (Å²) in [6.45, 7) is 10.0. The molecule has 0 amide bonds. The Morgan fingerprint density at radius 1 is 1.28 bits per heavy atom. The third-order valence-electron chi connectivity index (χ3n) is 4.64. The van der Waals surface area contributed by atoms with E-state index in [1.807, 2.05) is 0 Å². The number of hydrogen-bond acceptors (Lipinski definition) is 6. The van der Waals surface area contributed by atoms with Gasteiger partial charge in [0.1, 0.15) is 11.8 Å². The Morgan fingerprint density at radius 3 is 2.92 bits per heavy atom. The van der Waals surface area contributed by atoms with E-state index in [9.17, 15) is 0 Å². The summed E-state index contributed by atoms with van der Waals surface area (Å²) in [5.41, 5.74) is 4.07. The zero-order valence-corrected chi connectivity index (χ0v) is 15.2. The molecule has 0 atom stereocenters. The van der Waals surface area contributed by atoms with Gasteiger partial charge >= 0.3 is 0 Å². The quantitative estimate of drug-likeness (QED) is 0.771. The Labute approximate surface area is 147 Å². The molecule has 0 saturated heterocycles. The van der Waals surface area contributed by atoms with Crippen LogP contribution in [0.4, 0.5) is 5.82 Å². The van der Waals surface area contributed by atoms with Gasteiger partial charge in [-0.2, -0.15) is 0 Å². The maximum atomic E-state index is 6.04. The molecule has 3 aromatic heterocycles. The number of aromatic nitrogens is 3. The number of rotatable bonds is 4. The molecular weight excluding hydrogens is 316 g/mol. The van der Waals surface area contributed by atoms with Gasteiger partial charge in [0.15, 0.2) is 11.4 Å². The van der Waals surface area contributed by atoms with E-state index in [1.165, 1.54) is 0 Å². The van der Waals surface area contributed by atoms with Crippen molar-refractivity contribution in [3.05, 3.63) is 23.7 Å². The molecule has 0 fully saturated rings. The van der Waals surface area contributed by atoms with Crippen LogP contribution in [0.3, 0.4) is 0 Å². The van der Waals surface area contributed by atoms with Gasteiger partial charge in [0.05, 0.1) is 23.3 Å². The van der Waals surface area contributed by atoms with Crippen LogP contribution in [0.5, 0.6) is 0 Å². The number of pyridine rings is 1. The van der Waals surface area contributed by atoms with E-state index in [2.05, 4.69) is 49.0 Å². The number of hydrogen-bond donors (Lipinski definition) is 1. The molecule has 0 aromatic carbocycles. The van der Waals surface area contributed by atoms with Crippen LogP contribution in [0.25, 0.3) is 22.2 Å². The first kappa shape index (κ1) is 16.3. The normalized spacial score (nSPS) is 16.5. The van der Waals surface area contributed by atoms with E-state index in [0.29, 0.717) is 23.8 Å². The lowest BCUT2D eigenvalue weighted by molar-refractivity contribution is -0.0411. The summed E-state index contributed by atoms with van der Waals surface area (Å²) in [7, 11) is 0. The summed E-state index contributed by atoms with van der Waals surface area (Å²) in [4.78, 5) is 13.5. The fourth-order valence-electron chi connectivity index (χ4n) is 3.19. The Balaban J connectivity index is 1.76. The van der Waals surface area contributed by atoms with Crippen molar-refractivity contribution in [3.63, 3.8) is 0 Å². The Hall–Kier alpha value is -2.21. The van der Waals surface area contributed by atoms with Gasteiger partial charge in [-0.15, -0.1) is 0 Å². The zero-order chi connectivity index (χ0) is 17.6. The van der Waals surface area contributed by atoms with E-state index in [1.54, 1.807) is 6.33 Å². The van der Waals surface area contributed by atoms with Crippen molar-refractivity contribution >= 4 is 28.0 Å². The fourth-order valence-corrected chi connectivity index (χ4v) is 3.19. The van der Waals surface area contributed by atoms with E-state index in [0.717, 1.165) is 47.4 Å². The highest BCUT2D eigenvalue weighted by atomic mass is 16.5. The molecule has 0 aliphatic carbocycles. The maximum absolute atomic E-state index is 6.04. The summed E-state index contributed by atoms with van der Waals surface area (Å²) in [6.07, 6.45) is 3.43. The summed E-state index contributed by atoms with van der Waals surface area (Å²) in [6, 6.07) is 2.10. The first-order chi connectivity index (χ1) is 11.9. The lowest BCUT2D eigenvalue weighted by Crippen LogP contribution is -2.32. The largest absolute Gasteiger partial charge is 0.432 e. The SMILES string of the molecule is CC(C)CCNc1ncnc2c1oc1nc3c(cc12)COC(C)(C)C3. The standard InChI is InChI=1S/C19H24N4O2/c1-11(2)5-6-20-17-16-15(21-10-22-17)13-7-12-9-24-19(3,4)8-14(12)23-18(13)25-16/h7,10-11H,5-6,8-9H2,1-4H3,(H,20,21,22). The number of nitrogens with zero attached hydrogens (tertiary/aromatic N) is 3. The monoisotopic (exact) mass is 340 g/mol. The zero-order valence-electron chi connectivity index (χ0n) is 15.2. The summed E-state index contributed by atoms with van der Waals surface area (Å²) < 4.78 is 11.9. The molecule has 0 saturated carbocycles. The van der Waals surface area contributed by atoms with Crippen molar-refractivity contribution < 1.29 is 9.15 Å². The number of fused-ring (bicyclic) bond motifs is 4. The van der Waals surface area contributed by atoms with Crippen molar-refractivity contribution in [1.29, 1.82) is 0 Å². The number of furan rings is 1. The second-order valence-electron chi connectivity index (χ2n) is 7.78. The highest BCUT2D eigenvalue weighted by Crippen LogP contribution is 2.34. The minimum Gasteiger partial charge on any atom is -0.432 e. The molecule has 0 bridgehead atoms. The average molecular weight is 340 g/mol. The second-order valence-corrected chi connectivity index (χ2v) is 7.78. The smallest absolute Gasteiger partial charge is 0.229 e. The molecule has 132 valence electrons. The first-order valence-electron chi connectivity index (χ1n) is 8.87. The Bertz CT molecular complexity index is 930. The minimum absolute atomic E-state index is 0.191. The van der Waals surface area contributed by atoms with Crippen LogP contribution in [0.2, 0.25) is 0 Å². The molecule has 0 radical (unpaired) electrons. The maximum Gasteiger partial charge on any atom is 0.229 e. The number of nitrogens with one attached hydrogen (secondary N) is 1. The van der Waals surface area contributed by atoms with Crippen molar-refractivity contribution in [2.45, 2.75) is 52.7 Å². The molecule has 6 heteroatoms. The third-order valence-corrected chi connectivity index (χ3v) is 4.64. The van der Waals surface area contributed by atoms with Crippen LogP contribution in [0.1, 0.15) is 45.4 Å². The van der Waals surface area contributed by atoms with E-state index in [-0.39, 0.29) is 5.60 Å². The topological polar surface area (TPSA) is 73.1 Å². The van der Waals surface area contributed by atoms with Gasteiger partial charge in [-0.25, -0.2) is 15.0 Å². The average Bonchev–Trinajstić information content (AvgIpc) is 2.90. The van der Waals surface area contributed by atoms with Crippen LogP contribution in [0, 0.1) is 5.92 Å². The van der Waals surface area contributed by atoms with Gasteiger partial charge in [-0.05, 0) is 32.3 Å². The molecule has 0 unspecified atom stereocenters. The van der Waals surface area contributed by atoms with E-state index in [4.69, 9.17) is 14.1 Å². The van der Waals surface area contributed by atoms with Crippen LogP contribution in [-0.4, -0.2) is 27.1 Å². The molecule has 1 aliphatic rings. The van der Waals surface area contributed by atoms with Crippen LogP contribution in [0.15, 0.2) is 16.8 Å². The minimum atomic E-state index is -0.191. The van der Waals surface area contributed by atoms with Gasteiger partial charge in [0.2, 0.25) is 5.71 Å². The lowest BCUT2D eigenvalue weighted by Gasteiger charge is -2.30. The molecular formula is C19H24N4O2. The summed E-state index contributed by atoms with van der Waals surface area (Å²) in [5.74, 6) is 1.37. The summed E-state index contributed by atoms with van der Waals surface area (Å²) >= 11 is 0. The lowest BCUT2D eigenvalue weighted by atomic mass is 9.95. The van der Waals surface area contributed by atoms with Crippen LogP contribution >= 0.6 is 0 Å². The molecule has 3 aromatic rings. The molecule has 4 rings (SSSR count). The van der Waals surface area contributed by atoms with Crippen molar-refractivity contribution in [3.8, 4) is 0 Å². The second kappa shape index (κ2) is 5.95. The van der Waals surface area contributed by atoms with Crippen molar-refractivity contribution in [1.82, 2.24) is 15.0 Å². The third kappa shape index (κ3) is 3.06. The highest BCUT2D eigenvalue weighted by Gasteiger charge is 2.28. The first-order valence-corrected chi connectivity index (χ1v) is 8.87. The van der Waals surface area contributed by atoms with Gasteiger partial charge in [0, 0.05) is 18.5 Å². The van der Waals surface area contributed by atoms with E-state index < -0.39 is 0 Å². The Kier molecular flexibility index (Phi) is 3.87. The molecule has 1 N–H and O–H groups in total. The van der Waals surface area contributed by atoms with Gasteiger partial charge < -0.3 is 14.5 Å². The van der Waals surface area contributed by atoms with Gasteiger partial charge in [0.25, 0.3) is 0 Å². The summed E-state index contributed by atoms with van der Waals surface area (Å²) in [5, 5.41) is 4.29. The molecule has 25 heavy (non-hydrogen) atoms. The predicted octanol–water partition coefficient (Wildman–Crippen LogP) is 4.08. The van der Waals surface area contributed by atoms with Gasteiger partial charge in [-0.3, -0.25) is 0 Å². The molecule has 4 heterocycles. The van der Waals surface area contributed by atoms with Crippen molar-refractivity contribution in [2.75, 3.05) is 11.9 Å². The van der Waals surface area contributed by atoms with Crippen molar-refractivity contribution in [2.24, 2.45) is 5.92 Å². The van der Waals surface area contributed by atoms with E-state index >= 15 is 0 Å². The molecule has 0 spiro atoms. The number of anilines is 1. The fraction of sp³-hybridized carbons (Fsp3) is 0.526. The van der Waals surface area contributed by atoms with Crippen LogP contribution in [-0.2, 0) is 17.8 Å². The van der Waals surface area contributed by atoms with Gasteiger partial charge in [-0.1, -0.05) is 13.8 Å². The highest BCUT2D eigenvalue weighted by molar-refractivity contribution is 6.04.